The summed E-state index contributed by atoms with van der Waals surface area (Å²) >= 11 is 0. The van der Waals surface area contributed by atoms with Crippen molar-refractivity contribution in [2.24, 2.45) is 5.92 Å². The van der Waals surface area contributed by atoms with Crippen LogP contribution >= 0.6 is 0 Å². The zero-order chi connectivity index (χ0) is 11.1. The predicted octanol–water partition coefficient (Wildman–Crippen LogP) is 3.83. The number of nitrogens with zero attached hydrogens (tertiary/aromatic N) is 1. The summed E-state index contributed by atoms with van der Waals surface area (Å²) in [6.07, 6.45) is 4.46. The fourth-order valence-electron chi connectivity index (χ4n) is 1.91. The van der Waals surface area contributed by atoms with Crippen molar-refractivity contribution >= 4 is 0 Å². The summed E-state index contributed by atoms with van der Waals surface area (Å²) in [5.74, 6) is 0.642. The van der Waals surface area contributed by atoms with Crippen LogP contribution in [0.1, 0.15) is 40.5 Å². The zero-order valence-electron chi connectivity index (χ0n) is 10.4. The molecule has 0 fully saturated rings. The molecule has 0 saturated heterocycles. The minimum absolute atomic E-state index is 0.642. The van der Waals surface area contributed by atoms with E-state index in [1.54, 1.807) is 0 Å². The maximum Gasteiger partial charge on any atom is 0.0188 e. The highest BCUT2D eigenvalue weighted by atomic mass is 15.1. The van der Waals surface area contributed by atoms with E-state index in [2.05, 4.69) is 46.2 Å². The smallest absolute Gasteiger partial charge is 0.0188 e. The number of allylic oxidation sites excluding steroid dienone is 3. The van der Waals surface area contributed by atoms with Gasteiger partial charge in [-0.1, -0.05) is 32.9 Å². The van der Waals surface area contributed by atoms with Crippen molar-refractivity contribution in [1.29, 1.82) is 0 Å². The summed E-state index contributed by atoms with van der Waals surface area (Å²) < 4.78 is 0. The summed E-state index contributed by atoms with van der Waals surface area (Å²) in [5.41, 5.74) is 2.76. The highest BCUT2D eigenvalue weighted by Crippen LogP contribution is 2.23. The maximum absolute atomic E-state index is 3.86. The van der Waals surface area contributed by atoms with E-state index in [4.69, 9.17) is 0 Å². The molecular formula is C13H25N. The SMILES string of the molecule is C=C/C(C)=C(/C(C)CCC)N(C)CC. The van der Waals surface area contributed by atoms with Gasteiger partial charge in [0.1, 0.15) is 0 Å². The molecule has 1 heteroatoms. The lowest BCUT2D eigenvalue weighted by atomic mass is 9.97. The molecule has 0 saturated carbocycles. The summed E-state index contributed by atoms with van der Waals surface area (Å²) in [6.45, 7) is 13.8. The van der Waals surface area contributed by atoms with Crippen LogP contribution in [0.5, 0.6) is 0 Å². The van der Waals surface area contributed by atoms with Crippen LogP contribution in [0.3, 0.4) is 0 Å². The highest BCUT2D eigenvalue weighted by Gasteiger charge is 2.13. The van der Waals surface area contributed by atoms with E-state index >= 15 is 0 Å². The summed E-state index contributed by atoms with van der Waals surface area (Å²) in [4.78, 5) is 2.33. The molecule has 0 radical (unpaired) electrons. The Labute approximate surface area is 89.5 Å². The van der Waals surface area contributed by atoms with Gasteiger partial charge in [-0.25, -0.2) is 0 Å². The number of hydrogen-bond acceptors (Lipinski definition) is 1. The van der Waals surface area contributed by atoms with Crippen molar-refractivity contribution in [3.8, 4) is 0 Å². The minimum Gasteiger partial charge on any atom is -0.378 e. The van der Waals surface area contributed by atoms with Gasteiger partial charge >= 0.3 is 0 Å². The topological polar surface area (TPSA) is 3.24 Å². The van der Waals surface area contributed by atoms with Crippen LogP contribution in [0.2, 0.25) is 0 Å². The van der Waals surface area contributed by atoms with Gasteiger partial charge in [0.05, 0.1) is 0 Å². The molecule has 1 nitrogen and oxygen atoms in total. The van der Waals surface area contributed by atoms with E-state index in [-0.39, 0.29) is 0 Å². The molecule has 0 aliphatic carbocycles. The van der Waals surface area contributed by atoms with E-state index in [1.807, 2.05) is 6.08 Å². The summed E-state index contributed by atoms with van der Waals surface area (Å²) in [5, 5.41) is 0. The first kappa shape index (κ1) is 13.3. The van der Waals surface area contributed by atoms with Gasteiger partial charge in [0.15, 0.2) is 0 Å². The molecule has 0 aliphatic heterocycles. The molecule has 0 aromatic heterocycles. The van der Waals surface area contributed by atoms with E-state index in [0.29, 0.717) is 5.92 Å². The monoisotopic (exact) mass is 195 g/mol. The first-order valence-electron chi connectivity index (χ1n) is 5.62. The standard InChI is InChI=1S/C13H25N/c1-7-10-12(5)13(11(4)8-2)14(6)9-3/h8,12H,2,7,9-10H2,1,3-6H3/b13-11-. The average Bonchev–Trinajstić information content (AvgIpc) is 2.17. The Bertz CT molecular complexity index is 203. The molecule has 14 heavy (non-hydrogen) atoms. The van der Waals surface area contributed by atoms with Gasteiger partial charge in [0.25, 0.3) is 0 Å². The second kappa shape index (κ2) is 6.69. The quantitative estimate of drug-likeness (QED) is 0.582. The Morgan fingerprint density at radius 1 is 1.43 bits per heavy atom. The first-order valence-corrected chi connectivity index (χ1v) is 5.62. The Balaban J connectivity index is 4.81. The lowest BCUT2D eigenvalue weighted by Crippen LogP contribution is -2.23. The molecule has 0 N–H and O–H groups in total. The molecule has 1 atom stereocenters. The van der Waals surface area contributed by atoms with Crippen molar-refractivity contribution in [3.63, 3.8) is 0 Å². The number of rotatable bonds is 6. The zero-order valence-corrected chi connectivity index (χ0v) is 10.4. The second-order valence-electron chi connectivity index (χ2n) is 3.98. The van der Waals surface area contributed by atoms with Crippen LogP contribution in [0.4, 0.5) is 0 Å². The van der Waals surface area contributed by atoms with Crippen molar-refractivity contribution in [2.75, 3.05) is 13.6 Å². The van der Waals surface area contributed by atoms with E-state index in [9.17, 15) is 0 Å². The van der Waals surface area contributed by atoms with Crippen molar-refractivity contribution in [2.45, 2.75) is 40.5 Å². The van der Waals surface area contributed by atoms with Crippen LogP contribution in [0, 0.1) is 5.92 Å². The fraction of sp³-hybridized carbons (Fsp3) is 0.692. The molecule has 0 aliphatic rings. The van der Waals surface area contributed by atoms with Gasteiger partial charge in [0, 0.05) is 19.3 Å². The minimum atomic E-state index is 0.642. The van der Waals surface area contributed by atoms with Crippen LogP contribution < -0.4 is 0 Å². The van der Waals surface area contributed by atoms with Crippen LogP contribution in [-0.4, -0.2) is 18.5 Å². The Kier molecular flexibility index (Phi) is 6.35. The predicted molar refractivity (Wildman–Crippen MR) is 65.3 cm³/mol. The van der Waals surface area contributed by atoms with Crippen molar-refractivity contribution < 1.29 is 0 Å². The molecule has 0 spiro atoms. The molecule has 1 unspecified atom stereocenters. The molecule has 0 rings (SSSR count). The lowest BCUT2D eigenvalue weighted by Gasteiger charge is -2.28. The Hall–Kier alpha value is -0.720. The normalized spacial score (nSPS) is 14.6. The molecule has 0 aromatic rings. The molecule has 0 heterocycles. The summed E-state index contributed by atoms with van der Waals surface area (Å²) in [6, 6.07) is 0. The first-order chi connectivity index (χ1) is 6.58. The van der Waals surface area contributed by atoms with Gasteiger partial charge in [-0.15, -0.1) is 0 Å². The largest absolute Gasteiger partial charge is 0.378 e. The Morgan fingerprint density at radius 2 is 2.00 bits per heavy atom. The van der Waals surface area contributed by atoms with Crippen molar-refractivity contribution in [1.82, 2.24) is 4.90 Å². The highest BCUT2D eigenvalue weighted by molar-refractivity contribution is 5.22. The van der Waals surface area contributed by atoms with Gasteiger partial charge in [-0.2, -0.15) is 0 Å². The molecule has 82 valence electrons. The third-order valence-electron chi connectivity index (χ3n) is 2.78. The van der Waals surface area contributed by atoms with E-state index in [0.717, 1.165) is 6.54 Å². The van der Waals surface area contributed by atoms with E-state index < -0.39 is 0 Å². The fourth-order valence-corrected chi connectivity index (χ4v) is 1.91. The molecular weight excluding hydrogens is 170 g/mol. The van der Waals surface area contributed by atoms with Gasteiger partial charge in [-0.05, 0) is 31.8 Å². The van der Waals surface area contributed by atoms with Crippen molar-refractivity contribution in [3.05, 3.63) is 23.9 Å². The third-order valence-corrected chi connectivity index (χ3v) is 2.78. The maximum atomic E-state index is 3.86. The summed E-state index contributed by atoms with van der Waals surface area (Å²) in [7, 11) is 2.16. The molecule has 0 bridgehead atoms. The average molecular weight is 195 g/mol. The van der Waals surface area contributed by atoms with Gasteiger partial charge in [-0.3, -0.25) is 0 Å². The number of hydrogen-bond donors (Lipinski definition) is 0. The van der Waals surface area contributed by atoms with Crippen LogP contribution in [0.25, 0.3) is 0 Å². The molecule has 0 aromatic carbocycles. The Morgan fingerprint density at radius 3 is 2.36 bits per heavy atom. The third kappa shape index (κ3) is 3.57. The van der Waals surface area contributed by atoms with E-state index in [1.165, 1.54) is 24.1 Å². The van der Waals surface area contributed by atoms with Crippen LogP contribution in [-0.2, 0) is 0 Å². The van der Waals surface area contributed by atoms with Gasteiger partial charge < -0.3 is 4.90 Å². The molecule has 0 amide bonds. The second-order valence-corrected chi connectivity index (χ2v) is 3.98. The lowest BCUT2D eigenvalue weighted by molar-refractivity contribution is 0.367. The van der Waals surface area contributed by atoms with Crippen LogP contribution in [0.15, 0.2) is 23.9 Å². The van der Waals surface area contributed by atoms with Gasteiger partial charge in [0.2, 0.25) is 0 Å².